The molecule has 3 nitrogen and oxygen atoms in total. The van der Waals surface area contributed by atoms with Crippen LogP contribution in [0.3, 0.4) is 0 Å². The van der Waals surface area contributed by atoms with E-state index >= 15 is 0 Å². The number of hydrogen-bond donors (Lipinski definition) is 0. The Balaban J connectivity index is 0. The standard InChI is InChI=1S/C12H26O3S.Fr/c1-2-3-4-5-6-7-8-9-10-11-12-16(13,14)15;/h2-12H2,1H3,(H,13,14,15);/q;+1/p-1. The molecule has 0 amide bonds. The topological polar surface area (TPSA) is 57.2 Å². The molecule has 0 N–H and O–H groups in total. The number of rotatable bonds is 11. The van der Waals surface area contributed by atoms with Crippen LogP contribution in [0.4, 0.5) is 0 Å². The van der Waals surface area contributed by atoms with Crippen molar-refractivity contribution in [2.24, 2.45) is 0 Å². The van der Waals surface area contributed by atoms with Gasteiger partial charge in [0.25, 0.3) is 0 Å². The summed E-state index contributed by atoms with van der Waals surface area (Å²) in [6, 6.07) is 0. The van der Waals surface area contributed by atoms with Gasteiger partial charge in [-0.3, -0.25) is 0 Å². The summed E-state index contributed by atoms with van der Waals surface area (Å²) in [6.07, 6.45) is 11.4. The largest absolute Gasteiger partial charge is 1.00 e. The van der Waals surface area contributed by atoms with Crippen LogP contribution >= 0.6 is 0 Å². The van der Waals surface area contributed by atoms with Crippen LogP contribution in [0.2, 0.25) is 0 Å². The Hall–Kier alpha value is 1.51. The fourth-order valence-corrected chi connectivity index (χ4v) is 2.32. The molecular formula is C12H25FrO3S. The predicted molar refractivity (Wildman–Crippen MR) is 66.4 cm³/mol. The third-order valence-corrected chi connectivity index (χ3v) is 3.54. The zero-order valence-corrected chi connectivity index (χ0v) is 20.4. The van der Waals surface area contributed by atoms with Crippen molar-refractivity contribution >= 4 is 10.1 Å². The van der Waals surface area contributed by atoms with Crippen LogP contribution in [0, 0.1) is 49.9 Å². The van der Waals surface area contributed by atoms with Gasteiger partial charge in [0, 0.05) is 5.75 Å². The van der Waals surface area contributed by atoms with E-state index in [1.165, 1.54) is 44.9 Å². The summed E-state index contributed by atoms with van der Waals surface area (Å²) in [6.45, 7) is 2.21. The second kappa shape index (κ2) is 13.9. The van der Waals surface area contributed by atoms with Gasteiger partial charge < -0.3 is 4.55 Å². The van der Waals surface area contributed by atoms with Crippen molar-refractivity contribution in [3.8, 4) is 0 Å². The van der Waals surface area contributed by atoms with Crippen LogP contribution < -0.4 is 0 Å². The van der Waals surface area contributed by atoms with Gasteiger partial charge in [0.1, 0.15) is 0 Å². The van der Waals surface area contributed by atoms with Gasteiger partial charge in [0.2, 0.25) is 0 Å². The first-order chi connectivity index (χ1) is 7.56. The molecule has 0 saturated carbocycles. The van der Waals surface area contributed by atoms with Crippen LogP contribution in [0.5, 0.6) is 0 Å². The van der Waals surface area contributed by atoms with Crippen LogP contribution in [-0.2, 0) is 10.1 Å². The minimum Gasteiger partial charge on any atom is -0.748 e. The van der Waals surface area contributed by atoms with E-state index in [9.17, 15) is 13.0 Å². The maximum Gasteiger partial charge on any atom is 1.00 e. The third-order valence-electron chi connectivity index (χ3n) is 2.75. The van der Waals surface area contributed by atoms with Gasteiger partial charge >= 0.3 is 49.9 Å². The molecule has 0 aromatic carbocycles. The number of hydrogen-bond acceptors (Lipinski definition) is 3. The van der Waals surface area contributed by atoms with E-state index in [2.05, 4.69) is 6.92 Å². The van der Waals surface area contributed by atoms with E-state index in [1.54, 1.807) is 0 Å². The average Bonchev–Trinajstić information content (AvgIpc) is 2.19. The van der Waals surface area contributed by atoms with Crippen molar-refractivity contribution in [2.75, 3.05) is 5.75 Å². The first-order valence-corrected chi connectivity index (χ1v) is 8.07. The summed E-state index contributed by atoms with van der Waals surface area (Å²) in [7, 11) is -3.98. The Morgan fingerprint density at radius 3 is 1.47 bits per heavy atom. The molecule has 17 heavy (non-hydrogen) atoms. The van der Waals surface area contributed by atoms with Crippen molar-refractivity contribution in [3.63, 3.8) is 0 Å². The molecule has 0 aliphatic rings. The molecule has 0 aromatic rings. The maximum absolute atomic E-state index is 10.3. The summed E-state index contributed by atoms with van der Waals surface area (Å²) in [4.78, 5) is 0. The van der Waals surface area contributed by atoms with Gasteiger partial charge in [-0.2, -0.15) is 0 Å². The fraction of sp³-hybridized carbons (Fsp3) is 1.00. The second-order valence-corrected chi connectivity index (χ2v) is 5.97. The Morgan fingerprint density at radius 2 is 1.12 bits per heavy atom. The second-order valence-electron chi connectivity index (χ2n) is 4.44. The van der Waals surface area contributed by atoms with Crippen molar-refractivity contribution in [1.29, 1.82) is 0 Å². The van der Waals surface area contributed by atoms with E-state index in [0.717, 1.165) is 12.8 Å². The van der Waals surface area contributed by atoms with Crippen molar-refractivity contribution in [1.82, 2.24) is 0 Å². The van der Waals surface area contributed by atoms with Gasteiger partial charge in [-0.25, -0.2) is 8.42 Å². The monoisotopic (exact) mass is 472 g/mol. The molecule has 0 heterocycles. The van der Waals surface area contributed by atoms with Gasteiger partial charge in [-0.1, -0.05) is 64.7 Å². The zero-order valence-electron chi connectivity index (χ0n) is 11.4. The quantitative estimate of drug-likeness (QED) is 0.342. The van der Waals surface area contributed by atoms with Crippen LogP contribution in [0.25, 0.3) is 0 Å². The molecule has 0 rings (SSSR count). The maximum atomic E-state index is 10.3. The molecule has 0 aromatic heterocycles. The van der Waals surface area contributed by atoms with Crippen molar-refractivity contribution < 1.29 is 62.8 Å². The van der Waals surface area contributed by atoms with Crippen LogP contribution in [0.15, 0.2) is 0 Å². The van der Waals surface area contributed by atoms with Crippen molar-refractivity contribution in [2.45, 2.75) is 71.1 Å². The predicted octanol–water partition coefficient (Wildman–Crippen LogP) is 3.45. The van der Waals surface area contributed by atoms with Crippen LogP contribution in [-0.4, -0.2) is 18.7 Å². The molecule has 0 radical (unpaired) electrons. The molecule has 0 atom stereocenters. The Morgan fingerprint density at radius 1 is 0.765 bits per heavy atom. The molecule has 0 bridgehead atoms. The summed E-state index contributed by atoms with van der Waals surface area (Å²) >= 11 is 0. The molecule has 0 fully saturated rings. The zero-order chi connectivity index (χ0) is 12.3. The Bertz CT molecular complexity index is 240. The summed E-state index contributed by atoms with van der Waals surface area (Å²) in [5.41, 5.74) is 0. The molecule has 0 aliphatic carbocycles. The molecule has 98 valence electrons. The summed E-state index contributed by atoms with van der Waals surface area (Å²) in [5, 5.41) is 0. The minimum atomic E-state index is -3.98. The van der Waals surface area contributed by atoms with E-state index in [-0.39, 0.29) is 55.6 Å². The summed E-state index contributed by atoms with van der Waals surface area (Å²) < 4.78 is 30.9. The van der Waals surface area contributed by atoms with E-state index in [4.69, 9.17) is 0 Å². The first kappa shape index (κ1) is 20.8. The van der Waals surface area contributed by atoms with Gasteiger partial charge in [-0.15, -0.1) is 0 Å². The van der Waals surface area contributed by atoms with Gasteiger partial charge in [0.15, 0.2) is 0 Å². The normalized spacial score (nSPS) is 11.2. The SMILES string of the molecule is CCCCCCCCCCCCS(=O)(=O)[O-].[Fr+]. The number of unbranched alkanes of at least 4 members (excludes halogenated alkanes) is 9. The first-order valence-electron chi connectivity index (χ1n) is 6.50. The van der Waals surface area contributed by atoms with Crippen LogP contribution in [0.1, 0.15) is 71.1 Å². The van der Waals surface area contributed by atoms with E-state index in [1.807, 2.05) is 0 Å². The van der Waals surface area contributed by atoms with Gasteiger partial charge in [-0.05, 0) is 6.42 Å². The van der Waals surface area contributed by atoms with Gasteiger partial charge in [0.05, 0.1) is 10.1 Å². The molecule has 0 aliphatic heterocycles. The Labute approximate surface area is 148 Å². The molecule has 0 spiro atoms. The average molecular weight is 472 g/mol. The Kier molecular flexibility index (Phi) is 17.1. The van der Waals surface area contributed by atoms with Crippen molar-refractivity contribution in [3.05, 3.63) is 0 Å². The van der Waals surface area contributed by atoms with E-state index < -0.39 is 10.1 Å². The molecule has 5 heteroatoms. The fourth-order valence-electron chi connectivity index (χ4n) is 1.77. The smallest absolute Gasteiger partial charge is 0.748 e. The summed E-state index contributed by atoms with van der Waals surface area (Å²) in [5.74, 6) is -0.191. The third kappa shape index (κ3) is 20.0. The molecular weight excluding hydrogens is 447 g/mol. The van der Waals surface area contributed by atoms with E-state index in [0.29, 0.717) is 6.42 Å². The molecule has 0 saturated heterocycles. The minimum absolute atomic E-state index is 0. The molecule has 0 unspecified atom stereocenters.